The van der Waals surface area contributed by atoms with E-state index < -0.39 is 0 Å². The maximum atomic E-state index is 11.8. The zero-order chi connectivity index (χ0) is 13.8. The van der Waals surface area contributed by atoms with Gasteiger partial charge < -0.3 is 9.47 Å². The van der Waals surface area contributed by atoms with Crippen molar-refractivity contribution >= 4 is 23.1 Å². The molecule has 0 spiro atoms. The van der Waals surface area contributed by atoms with Crippen LogP contribution in [0.3, 0.4) is 0 Å². The number of allylic oxidation sites excluding steroid dienone is 3. The molecular formula is C15H15ClO3. The van der Waals surface area contributed by atoms with Crippen molar-refractivity contribution in [3.63, 3.8) is 0 Å². The second-order valence-corrected chi connectivity index (χ2v) is 4.57. The summed E-state index contributed by atoms with van der Waals surface area (Å²) < 4.78 is 9.95. The second kappa shape index (κ2) is 5.93. The highest BCUT2D eigenvalue weighted by Crippen LogP contribution is 2.36. The minimum Gasteiger partial charge on any atom is -0.497 e. The average Bonchev–Trinajstić information content (AvgIpc) is 2.46. The number of hydrogen-bond donors (Lipinski definition) is 0. The lowest BCUT2D eigenvalue weighted by molar-refractivity contribution is -0.136. The Hall–Kier alpha value is -1.74. The minimum absolute atomic E-state index is 0.322. The van der Waals surface area contributed by atoms with Crippen molar-refractivity contribution < 1.29 is 14.3 Å². The van der Waals surface area contributed by atoms with Gasteiger partial charge in [0, 0.05) is 16.2 Å². The van der Waals surface area contributed by atoms with Crippen molar-refractivity contribution in [1.82, 2.24) is 0 Å². The highest BCUT2D eigenvalue weighted by molar-refractivity contribution is 6.38. The lowest BCUT2D eigenvalue weighted by Gasteiger charge is -2.17. The van der Waals surface area contributed by atoms with Crippen molar-refractivity contribution in [3.8, 4) is 5.75 Å². The number of ether oxygens (including phenoxy) is 2. The molecule has 100 valence electrons. The van der Waals surface area contributed by atoms with Gasteiger partial charge >= 0.3 is 5.97 Å². The van der Waals surface area contributed by atoms with E-state index in [1.165, 1.54) is 7.11 Å². The summed E-state index contributed by atoms with van der Waals surface area (Å²) in [6.45, 7) is 0. The molecule has 0 saturated carbocycles. The molecule has 19 heavy (non-hydrogen) atoms. The van der Waals surface area contributed by atoms with Gasteiger partial charge in [0.15, 0.2) is 0 Å². The summed E-state index contributed by atoms with van der Waals surface area (Å²) in [6.07, 6.45) is 3.32. The first kappa shape index (κ1) is 13.7. The number of halogens is 1. The fraction of sp³-hybridized carbons (Fsp3) is 0.267. The lowest BCUT2D eigenvalue weighted by Crippen LogP contribution is -2.10. The first-order valence-corrected chi connectivity index (χ1v) is 6.37. The first-order chi connectivity index (χ1) is 9.17. The van der Waals surface area contributed by atoms with Gasteiger partial charge in [0.25, 0.3) is 0 Å². The summed E-state index contributed by atoms with van der Waals surface area (Å²) in [5, 5.41) is 0.594. The largest absolute Gasteiger partial charge is 0.497 e. The van der Waals surface area contributed by atoms with Gasteiger partial charge in [-0.25, -0.2) is 4.79 Å². The molecule has 4 heteroatoms. The first-order valence-electron chi connectivity index (χ1n) is 5.99. The molecule has 1 aromatic rings. The Morgan fingerprint density at radius 2 is 1.89 bits per heavy atom. The standard InChI is InChI=1S/C15H15ClO3/c1-18-11-8-6-10(7-9-11)14-12(15(17)19-2)4-3-5-13(14)16/h5-9H,3-4H2,1-2H3. The highest BCUT2D eigenvalue weighted by Gasteiger charge is 2.22. The van der Waals surface area contributed by atoms with E-state index >= 15 is 0 Å². The topological polar surface area (TPSA) is 35.5 Å². The van der Waals surface area contributed by atoms with Crippen LogP contribution in [-0.2, 0) is 9.53 Å². The van der Waals surface area contributed by atoms with Gasteiger partial charge in [0.1, 0.15) is 5.75 Å². The van der Waals surface area contributed by atoms with Crippen LogP contribution in [0.15, 0.2) is 40.9 Å². The maximum absolute atomic E-state index is 11.8. The SMILES string of the molecule is COC(=O)C1=C(c2ccc(OC)cc2)C(Cl)=CCC1. The Bertz CT molecular complexity index is 541. The molecular weight excluding hydrogens is 264 g/mol. The lowest BCUT2D eigenvalue weighted by atomic mass is 9.92. The zero-order valence-corrected chi connectivity index (χ0v) is 11.7. The number of carbonyl (C=O) groups is 1. The molecule has 0 heterocycles. The van der Waals surface area contributed by atoms with E-state index in [4.69, 9.17) is 21.1 Å². The zero-order valence-electron chi connectivity index (χ0n) is 10.9. The summed E-state index contributed by atoms with van der Waals surface area (Å²) in [5.41, 5.74) is 2.27. The molecule has 2 rings (SSSR count). The quantitative estimate of drug-likeness (QED) is 0.794. The van der Waals surface area contributed by atoms with Gasteiger partial charge in [-0.05, 0) is 30.5 Å². The van der Waals surface area contributed by atoms with Crippen LogP contribution < -0.4 is 4.74 Å². The Balaban J connectivity index is 2.49. The minimum atomic E-state index is -0.322. The Labute approximate surface area is 117 Å². The molecule has 0 atom stereocenters. The molecule has 0 bridgehead atoms. The number of carbonyl (C=O) groups excluding carboxylic acids is 1. The van der Waals surface area contributed by atoms with E-state index in [-0.39, 0.29) is 5.97 Å². The van der Waals surface area contributed by atoms with Crippen molar-refractivity contribution in [1.29, 1.82) is 0 Å². The fourth-order valence-electron chi connectivity index (χ4n) is 2.11. The number of benzene rings is 1. The van der Waals surface area contributed by atoms with Crippen molar-refractivity contribution in [2.45, 2.75) is 12.8 Å². The fourth-order valence-corrected chi connectivity index (χ4v) is 2.44. The monoisotopic (exact) mass is 278 g/mol. The summed E-state index contributed by atoms with van der Waals surface area (Å²) in [7, 11) is 2.99. The van der Waals surface area contributed by atoms with Crippen LogP contribution in [0.4, 0.5) is 0 Å². The van der Waals surface area contributed by atoms with E-state index in [0.29, 0.717) is 17.0 Å². The van der Waals surface area contributed by atoms with E-state index in [9.17, 15) is 4.79 Å². The molecule has 0 fully saturated rings. The van der Waals surface area contributed by atoms with Crippen LogP contribution in [0.5, 0.6) is 5.75 Å². The number of hydrogen-bond acceptors (Lipinski definition) is 3. The summed E-state index contributed by atoms with van der Waals surface area (Å²) >= 11 is 6.25. The van der Waals surface area contributed by atoms with E-state index in [2.05, 4.69) is 0 Å². The highest BCUT2D eigenvalue weighted by atomic mass is 35.5. The Morgan fingerprint density at radius 1 is 1.21 bits per heavy atom. The molecule has 0 N–H and O–H groups in total. The third kappa shape index (κ3) is 2.82. The number of rotatable bonds is 3. The molecule has 0 amide bonds. The summed E-state index contributed by atoms with van der Waals surface area (Å²) in [6, 6.07) is 7.46. The predicted octanol–water partition coefficient (Wildman–Crippen LogP) is 3.54. The molecule has 0 aliphatic heterocycles. The van der Waals surface area contributed by atoms with E-state index in [0.717, 1.165) is 23.3 Å². The van der Waals surface area contributed by atoms with E-state index in [1.54, 1.807) is 7.11 Å². The van der Waals surface area contributed by atoms with E-state index in [1.807, 2.05) is 30.3 Å². The third-order valence-corrected chi connectivity index (χ3v) is 3.41. The normalized spacial score (nSPS) is 15.0. The van der Waals surface area contributed by atoms with Crippen LogP contribution in [0.2, 0.25) is 0 Å². The molecule has 0 aromatic heterocycles. The second-order valence-electron chi connectivity index (χ2n) is 4.16. The molecule has 1 aromatic carbocycles. The summed E-state index contributed by atoms with van der Waals surface area (Å²) in [4.78, 5) is 11.8. The molecule has 0 unspecified atom stereocenters. The van der Waals surface area contributed by atoms with Gasteiger partial charge in [-0.1, -0.05) is 29.8 Å². The molecule has 1 aliphatic carbocycles. The number of methoxy groups -OCH3 is 2. The van der Waals surface area contributed by atoms with Crippen LogP contribution in [0.1, 0.15) is 18.4 Å². The van der Waals surface area contributed by atoms with Crippen LogP contribution in [0, 0.1) is 0 Å². The summed E-state index contributed by atoms with van der Waals surface area (Å²) in [5.74, 6) is 0.442. The Morgan fingerprint density at radius 3 is 2.47 bits per heavy atom. The van der Waals surface area contributed by atoms with Crippen molar-refractivity contribution in [2.24, 2.45) is 0 Å². The van der Waals surface area contributed by atoms with Crippen molar-refractivity contribution in [3.05, 3.63) is 46.5 Å². The smallest absolute Gasteiger partial charge is 0.334 e. The molecule has 0 radical (unpaired) electrons. The van der Waals surface area contributed by atoms with Gasteiger partial charge in [-0.15, -0.1) is 0 Å². The van der Waals surface area contributed by atoms with Gasteiger partial charge in [0.2, 0.25) is 0 Å². The van der Waals surface area contributed by atoms with Crippen LogP contribution in [-0.4, -0.2) is 20.2 Å². The van der Waals surface area contributed by atoms with Crippen LogP contribution in [0.25, 0.3) is 5.57 Å². The third-order valence-electron chi connectivity index (χ3n) is 3.07. The average molecular weight is 279 g/mol. The molecule has 0 saturated heterocycles. The van der Waals surface area contributed by atoms with Crippen molar-refractivity contribution in [2.75, 3.05) is 14.2 Å². The Kier molecular flexibility index (Phi) is 4.27. The van der Waals surface area contributed by atoms with Gasteiger partial charge in [-0.3, -0.25) is 0 Å². The van der Waals surface area contributed by atoms with Gasteiger partial charge in [0.05, 0.1) is 14.2 Å². The molecule has 3 nitrogen and oxygen atoms in total. The molecule has 1 aliphatic rings. The number of esters is 1. The predicted molar refractivity (Wildman–Crippen MR) is 75.1 cm³/mol. The van der Waals surface area contributed by atoms with Gasteiger partial charge in [-0.2, -0.15) is 0 Å². The maximum Gasteiger partial charge on any atom is 0.334 e. The van der Waals surface area contributed by atoms with Crippen LogP contribution >= 0.6 is 11.6 Å².